The Labute approximate surface area is 145 Å². The van der Waals surface area contributed by atoms with Gasteiger partial charge in [0.05, 0.1) is 11.4 Å². The molecule has 0 bridgehead atoms. The Kier molecular flexibility index (Phi) is 4.53. The molecule has 3 heterocycles. The van der Waals surface area contributed by atoms with Crippen LogP contribution in [-0.2, 0) is 13.6 Å². The summed E-state index contributed by atoms with van der Waals surface area (Å²) in [5, 5.41) is 15.6. The van der Waals surface area contributed by atoms with Gasteiger partial charge in [0.2, 0.25) is 0 Å². The fourth-order valence-corrected chi connectivity index (χ4v) is 3.37. The van der Waals surface area contributed by atoms with Gasteiger partial charge in [0.1, 0.15) is 5.69 Å². The molecule has 24 heavy (non-hydrogen) atoms. The summed E-state index contributed by atoms with van der Waals surface area (Å²) >= 11 is 1.61. The molecule has 1 amide bonds. The van der Waals surface area contributed by atoms with Crippen LogP contribution >= 0.6 is 11.3 Å². The van der Waals surface area contributed by atoms with E-state index in [0.29, 0.717) is 18.8 Å². The van der Waals surface area contributed by atoms with Crippen molar-refractivity contribution in [2.24, 2.45) is 7.05 Å². The van der Waals surface area contributed by atoms with Crippen molar-refractivity contribution in [2.75, 3.05) is 6.54 Å². The van der Waals surface area contributed by atoms with Crippen LogP contribution in [0.4, 0.5) is 0 Å². The third kappa shape index (κ3) is 2.99. The maximum Gasteiger partial charge on any atom is 0.272 e. The van der Waals surface area contributed by atoms with Gasteiger partial charge in [-0.2, -0.15) is 21.5 Å². The molecule has 3 aromatic rings. The van der Waals surface area contributed by atoms with Gasteiger partial charge in [-0.1, -0.05) is 0 Å². The van der Waals surface area contributed by atoms with Gasteiger partial charge in [0.25, 0.3) is 5.91 Å². The minimum absolute atomic E-state index is 0.0471. The van der Waals surface area contributed by atoms with Crippen LogP contribution in [-0.4, -0.2) is 37.3 Å². The predicted octanol–water partition coefficient (Wildman–Crippen LogP) is 3.15. The van der Waals surface area contributed by atoms with Crippen LogP contribution in [0.2, 0.25) is 0 Å². The van der Waals surface area contributed by atoms with Crippen LogP contribution < -0.4 is 0 Å². The highest BCUT2D eigenvalue weighted by molar-refractivity contribution is 7.08. The van der Waals surface area contributed by atoms with E-state index in [0.717, 1.165) is 28.2 Å². The molecule has 0 aromatic carbocycles. The third-order valence-electron chi connectivity index (χ3n) is 4.30. The summed E-state index contributed by atoms with van der Waals surface area (Å²) in [6, 6.07) is 3.81. The van der Waals surface area contributed by atoms with Crippen LogP contribution in [0.15, 0.2) is 22.9 Å². The Morgan fingerprint density at radius 2 is 2.21 bits per heavy atom. The second-order valence-corrected chi connectivity index (χ2v) is 6.55. The molecule has 6 nitrogen and oxygen atoms in total. The molecule has 126 valence electrons. The van der Waals surface area contributed by atoms with Crippen LogP contribution in [0, 0.1) is 13.8 Å². The number of aryl methyl sites for hydroxylation is 2. The van der Waals surface area contributed by atoms with Crippen molar-refractivity contribution < 1.29 is 4.79 Å². The highest BCUT2D eigenvalue weighted by Gasteiger charge is 2.20. The predicted molar refractivity (Wildman–Crippen MR) is 95.0 cm³/mol. The summed E-state index contributed by atoms with van der Waals surface area (Å²) in [5.41, 5.74) is 5.48. The van der Waals surface area contributed by atoms with Gasteiger partial charge in [-0.05, 0) is 38.3 Å². The van der Waals surface area contributed by atoms with E-state index in [4.69, 9.17) is 0 Å². The minimum Gasteiger partial charge on any atom is -0.333 e. The van der Waals surface area contributed by atoms with E-state index in [9.17, 15) is 4.79 Å². The zero-order valence-corrected chi connectivity index (χ0v) is 15.1. The van der Waals surface area contributed by atoms with Crippen molar-refractivity contribution in [3.8, 4) is 11.3 Å². The smallest absolute Gasteiger partial charge is 0.272 e. The largest absolute Gasteiger partial charge is 0.333 e. The molecule has 0 saturated carbocycles. The summed E-state index contributed by atoms with van der Waals surface area (Å²) in [7, 11) is 1.92. The molecule has 0 aliphatic carbocycles. The Balaban J connectivity index is 1.82. The SMILES string of the molecule is CCN(Cc1c(C)nn(C)c1C)C(=O)c1cc(-c2ccsc2)n[nH]1. The Morgan fingerprint density at radius 3 is 2.79 bits per heavy atom. The first kappa shape index (κ1) is 16.4. The van der Waals surface area contributed by atoms with Crippen molar-refractivity contribution in [2.45, 2.75) is 27.3 Å². The van der Waals surface area contributed by atoms with Crippen LogP contribution in [0.1, 0.15) is 34.4 Å². The van der Waals surface area contributed by atoms with Crippen LogP contribution in [0.3, 0.4) is 0 Å². The van der Waals surface area contributed by atoms with E-state index in [2.05, 4.69) is 15.3 Å². The zero-order chi connectivity index (χ0) is 17.3. The van der Waals surface area contributed by atoms with Crippen LogP contribution in [0.25, 0.3) is 11.3 Å². The molecule has 1 N–H and O–H groups in total. The summed E-state index contributed by atoms with van der Waals surface area (Å²) in [4.78, 5) is 14.6. The lowest BCUT2D eigenvalue weighted by molar-refractivity contribution is 0.0746. The van der Waals surface area contributed by atoms with E-state index in [1.54, 1.807) is 11.3 Å². The Morgan fingerprint density at radius 1 is 1.42 bits per heavy atom. The number of nitrogens with one attached hydrogen (secondary N) is 1. The number of carbonyl (C=O) groups is 1. The average molecular weight is 343 g/mol. The molecule has 0 atom stereocenters. The fourth-order valence-electron chi connectivity index (χ4n) is 2.72. The highest BCUT2D eigenvalue weighted by atomic mass is 32.1. The topological polar surface area (TPSA) is 66.8 Å². The van der Waals surface area contributed by atoms with E-state index in [-0.39, 0.29) is 5.91 Å². The summed E-state index contributed by atoms with van der Waals surface area (Å²) in [5.74, 6) is -0.0471. The van der Waals surface area contributed by atoms with Crippen molar-refractivity contribution in [3.05, 3.63) is 45.5 Å². The first-order valence-corrected chi connectivity index (χ1v) is 8.81. The van der Waals surface area contributed by atoms with Gasteiger partial charge in [-0.15, -0.1) is 0 Å². The van der Waals surface area contributed by atoms with Gasteiger partial charge in [0, 0.05) is 42.3 Å². The molecule has 0 fully saturated rings. The van der Waals surface area contributed by atoms with E-state index < -0.39 is 0 Å². The molecule has 0 spiro atoms. The molecule has 0 aliphatic heterocycles. The summed E-state index contributed by atoms with van der Waals surface area (Å²) < 4.78 is 1.86. The van der Waals surface area contributed by atoms with Gasteiger partial charge < -0.3 is 4.90 Å². The van der Waals surface area contributed by atoms with Crippen molar-refractivity contribution >= 4 is 17.2 Å². The number of H-pyrrole nitrogens is 1. The lowest BCUT2D eigenvalue weighted by Crippen LogP contribution is -2.31. The van der Waals surface area contributed by atoms with Gasteiger partial charge >= 0.3 is 0 Å². The second-order valence-electron chi connectivity index (χ2n) is 5.77. The second kappa shape index (κ2) is 6.60. The molecule has 0 aliphatic rings. The van der Waals surface area contributed by atoms with Crippen molar-refractivity contribution in [1.29, 1.82) is 0 Å². The first-order valence-electron chi connectivity index (χ1n) is 7.87. The lowest BCUT2D eigenvalue weighted by Gasteiger charge is -2.20. The number of hydrogen-bond acceptors (Lipinski definition) is 4. The molecular formula is C17H21N5OS. The number of hydrogen-bond donors (Lipinski definition) is 1. The number of nitrogens with zero attached hydrogens (tertiary/aromatic N) is 4. The van der Waals surface area contributed by atoms with Gasteiger partial charge in [-0.25, -0.2) is 0 Å². The molecule has 3 rings (SSSR count). The van der Waals surface area contributed by atoms with E-state index in [1.807, 2.05) is 60.3 Å². The summed E-state index contributed by atoms with van der Waals surface area (Å²) in [6.45, 7) is 7.16. The quantitative estimate of drug-likeness (QED) is 0.774. The fraction of sp³-hybridized carbons (Fsp3) is 0.353. The molecular weight excluding hydrogens is 322 g/mol. The van der Waals surface area contributed by atoms with Crippen molar-refractivity contribution in [3.63, 3.8) is 0 Å². The van der Waals surface area contributed by atoms with Crippen LogP contribution in [0.5, 0.6) is 0 Å². The normalized spacial score (nSPS) is 11.0. The number of aromatic amines is 1. The lowest BCUT2D eigenvalue weighted by atomic mass is 10.1. The molecule has 7 heteroatoms. The number of rotatable bonds is 5. The van der Waals surface area contributed by atoms with E-state index >= 15 is 0 Å². The third-order valence-corrected chi connectivity index (χ3v) is 4.99. The Bertz CT molecular complexity index is 847. The number of thiophene rings is 1. The number of carbonyl (C=O) groups excluding carboxylic acids is 1. The highest BCUT2D eigenvalue weighted by Crippen LogP contribution is 2.22. The Hall–Kier alpha value is -2.41. The maximum absolute atomic E-state index is 12.8. The number of amides is 1. The molecule has 3 aromatic heterocycles. The van der Waals surface area contributed by atoms with Crippen molar-refractivity contribution in [1.82, 2.24) is 24.9 Å². The number of aromatic nitrogens is 4. The van der Waals surface area contributed by atoms with E-state index in [1.165, 1.54) is 0 Å². The molecule has 0 radical (unpaired) electrons. The summed E-state index contributed by atoms with van der Waals surface area (Å²) in [6.07, 6.45) is 0. The minimum atomic E-state index is -0.0471. The van der Waals surface area contributed by atoms with Gasteiger partial charge in [-0.3, -0.25) is 14.6 Å². The van der Waals surface area contributed by atoms with Gasteiger partial charge in [0.15, 0.2) is 0 Å². The first-order chi connectivity index (χ1) is 11.5. The monoisotopic (exact) mass is 343 g/mol. The molecule has 0 saturated heterocycles. The standard InChI is InChI=1S/C17H21N5OS/c1-5-22(9-14-11(2)20-21(4)12(14)3)17(23)16-8-15(18-19-16)13-6-7-24-10-13/h6-8,10H,5,9H2,1-4H3,(H,18,19). The average Bonchev–Trinajstić information content (AvgIpc) is 3.28. The molecule has 0 unspecified atom stereocenters. The zero-order valence-electron chi connectivity index (χ0n) is 14.3. The maximum atomic E-state index is 12.8.